The molecular weight excluding hydrogens is 170 g/mol. The van der Waals surface area contributed by atoms with Crippen LogP contribution in [0.3, 0.4) is 0 Å². The fraction of sp³-hybridized carbons (Fsp3) is 0.538. The number of rotatable bonds is 1. The molecule has 0 heterocycles. The molecule has 0 fully saturated rings. The molecule has 1 heteroatoms. The van der Waals surface area contributed by atoms with E-state index >= 15 is 0 Å². The highest BCUT2D eigenvalue weighted by molar-refractivity contribution is 5.23. The van der Waals surface area contributed by atoms with E-state index in [0.29, 0.717) is 5.92 Å². The maximum Gasteiger partial charge on any atom is 0.0499 e. The smallest absolute Gasteiger partial charge is 0.0499 e. The van der Waals surface area contributed by atoms with E-state index in [1.54, 1.807) is 0 Å². The monoisotopic (exact) mass is 191 g/mol. The maximum absolute atomic E-state index is 6.04. The molecular formula is C13H21N. The van der Waals surface area contributed by atoms with Gasteiger partial charge in [0, 0.05) is 5.54 Å². The SMILES string of the molecule is CC(C)/C1=C/C=C\C(C)(N)/C=C/CC1. The van der Waals surface area contributed by atoms with Gasteiger partial charge in [-0.25, -0.2) is 0 Å². The van der Waals surface area contributed by atoms with Gasteiger partial charge in [-0.05, 0) is 25.7 Å². The van der Waals surface area contributed by atoms with Crippen LogP contribution >= 0.6 is 0 Å². The third-order valence-electron chi connectivity index (χ3n) is 2.58. The summed E-state index contributed by atoms with van der Waals surface area (Å²) in [5, 5.41) is 0. The highest BCUT2D eigenvalue weighted by Crippen LogP contribution is 2.19. The Labute approximate surface area is 87.4 Å². The lowest BCUT2D eigenvalue weighted by Crippen LogP contribution is -2.30. The summed E-state index contributed by atoms with van der Waals surface area (Å²) in [7, 11) is 0. The molecule has 0 saturated heterocycles. The molecule has 14 heavy (non-hydrogen) atoms. The van der Waals surface area contributed by atoms with Gasteiger partial charge >= 0.3 is 0 Å². The normalized spacial score (nSPS) is 36.5. The molecule has 0 aromatic heterocycles. The van der Waals surface area contributed by atoms with Crippen molar-refractivity contribution in [2.45, 2.75) is 39.2 Å². The molecule has 1 rings (SSSR count). The second-order valence-electron chi connectivity index (χ2n) is 4.56. The number of allylic oxidation sites excluding steroid dienone is 4. The topological polar surface area (TPSA) is 26.0 Å². The molecule has 2 N–H and O–H groups in total. The highest BCUT2D eigenvalue weighted by atomic mass is 14.7. The van der Waals surface area contributed by atoms with Gasteiger partial charge in [-0.15, -0.1) is 0 Å². The zero-order chi connectivity index (χ0) is 10.6. The van der Waals surface area contributed by atoms with E-state index < -0.39 is 0 Å². The Kier molecular flexibility index (Phi) is 3.70. The highest BCUT2D eigenvalue weighted by Gasteiger charge is 2.09. The van der Waals surface area contributed by atoms with Crippen LogP contribution in [0, 0.1) is 5.92 Å². The summed E-state index contributed by atoms with van der Waals surface area (Å²) < 4.78 is 0. The molecule has 0 saturated carbocycles. The van der Waals surface area contributed by atoms with Gasteiger partial charge in [0.15, 0.2) is 0 Å². The number of nitrogens with two attached hydrogens (primary N) is 1. The van der Waals surface area contributed by atoms with Crippen LogP contribution in [-0.4, -0.2) is 5.54 Å². The lowest BCUT2D eigenvalue weighted by atomic mass is 9.98. The van der Waals surface area contributed by atoms with Crippen molar-refractivity contribution in [3.63, 3.8) is 0 Å². The standard InChI is InChI=1S/C13H21N/c1-11(2)12-7-4-5-9-13(3,14)10-6-8-12/h5-6,8-11H,4,7,14H2,1-3H3/b9-5+,10-6-,12-8+. The largest absolute Gasteiger partial charge is 0.319 e. The average Bonchev–Trinajstić information content (AvgIpc) is 2.15. The van der Waals surface area contributed by atoms with E-state index in [2.05, 4.69) is 44.2 Å². The molecule has 0 aliphatic heterocycles. The van der Waals surface area contributed by atoms with E-state index in [1.165, 1.54) is 5.57 Å². The molecule has 0 bridgehead atoms. The van der Waals surface area contributed by atoms with Crippen LogP contribution in [0.5, 0.6) is 0 Å². The van der Waals surface area contributed by atoms with Gasteiger partial charge in [-0.3, -0.25) is 0 Å². The van der Waals surface area contributed by atoms with E-state index in [0.717, 1.165) is 12.8 Å². The predicted molar refractivity (Wildman–Crippen MR) is 63.0 cm³/mol. The summed E-state index contributed by atoms with van der Waals surface area (Å²) in [5.41, 5.74) is 7.25. The van der Waals surface area contributed by atoms with Gasteiger partial charge < -0.3 is 5.73 Å². The Morgan fingerprint density at radius 2 is 2.07 bits per heavy atom. The maximum atomic E-state index is 6.04. The van der Waals surface area contributed by atoms with Gasteiger partial charge in [-0.1, -0.05) is 49.8 Å². The van der Waals surface area contributed by atoms with Crippen molar-refractivity contribution < 1.29 is 0 Å². The molecule has 0 aromatic carbocycles. The van der Waals surface area contributed by atoms with Crippen LogP contribution in [0.1, 0.15) is 33.6 Å². The summed E-state index contributed by atoms with van der Waals surface area (Å²) >= 11 is 0. The molecule has 0 radical (unpaired) electrons. The van der Waals surface area contributed by atoms with Gasteiger partial charge in [0.1, 0.15) is 0 Å². The summed E-state index contributed by atoms with van der Waals surface area (Å²) in [6.07, 6.45) is 12.9. The van der Waals surface area contributed by atoms with Crippen molar-refractivity contribution in [3.05, 3.63) is 36.0 Å². The van der Waals surface area contributed by atoms with E-state index in [1.807, 2.05) is 6.92 Å². The number of hydrogen-bond acceptors (Lipinski definition) is 1. The lowest BCUT2D eigenvalue weighted by molar-refractivity contribution is 0.711. The van der Waals surface area contributed by atoms with Gasteiger partial charge in [0.05, 0.1) is 0 Å². The van der Waals surface area contributed by atoms with Crippen LogP contribution in [0.2, 0.25) is 0 Å². The first-order valence-corrected chi connectivity index (χ1v) is 5.36. The van der Waals surface area contributed by atoms with Crippen molar-refractivity contribution in [1.82, 2.24) is 0 Å². The first kappa shape index (κ1) is 11.3. The molecule has 0 aromatic rings. The fourth-order valence-corrected chi connectivity index (χ4v) is 1.59. The van der Waals surface area contributed by atoms with Crippen LogP contribution < -0.4 is 5.73 Å². The van der Waals surface area contributed by atoms with Crippen LogP contribution in [-0.2, 0) is 0 Å². The summed E-state index contributed by atoms with van der Waals surface area (Å²) in [6.45, 7) is 6.50. The predicted octanol–water partition coefficient (Wildman–Crippen LogP) is 3.19. The number of hydrogen-bond donors (Lipinski definition) is 1. The fourth-order valence-electron chi connectivity index (χ4n) is 1.59. The molecule has 1 aliphatic carbocycles. The van der Waals surface area contributed by atoms with E-state index in [-0.39, 0.29) is 5.54 Å². The van der Waals surface area contributed by atoms with Crippen LogP contribution in [0.4, 0.5) is 0 Å². The van der Waals surface area contributed by atoms with Gasteiger partial charge in [-0.2, -0.15) is 0 Å². The zero-order valence-corrected chi connectivity index (χ0v) is 9.46. The molecule has 78 valence electrons. The Bertz CT molecular complexity index is 267. The first-order chi connectivity index (χ1) is 6.51. The Balaban J connectivity index is 2.83. The van der Waals surface area contributed by atoms with Gasteiger partial charge in [0.25, 0.3) is 0 Å². The molecule has 0 spiro atoms. The van der Waals surface area contributed by atoms with Crippen LogP contribution in [0.15, 0.2) is 36.0 Å². The minimum absolute atomic E-state index is 0.289. The zero-order valence-electron chi connectivity index (χ0n) is 9.46. The Hall–Kier alpha value is -0.820. The summed E-state index contributed by atoms with van der Waals surface area (Å²) in [6, 6.07) is 0. The van der Waals surface area contributed by atoms with Gasteiger partial charge in [0.2, 0.25) is 0 Å². The van der Waals surface area contributed by atoms with E-state index in [4.69, 9.17) is 5.73 Å². The van der Waals surface area contributed by atoms with Crippen molar-refractivity contribution in [1.29, 1.82) is 0 Å². The lowest BCUT2D eigenvalue weighted by Gasteiger charge is -2.13. The van der Waals surface area contributed by atoms with Crippen molar-refractivity contribution in [2.24, 2.45) is 11.7 Å². The molecule has 1 aliphatic rings. The second-order valence-corrected chi connectivity index (χ2v) is 4.56. The summed E-state index contributed by atoms with van der Waals surface area (Å²) in [4.78, 5) is 0. The molecule has 0 amide bonds. The van der Waals surface area contributed by atoms with Crippen molar-refractivity contribution in [3.8, 4) is 0 Å². The minimum Gasteiger partial charge on any atom is -0.319 e. The third kappa shape index (κ3) is 3.51. The van der Waals surface area contributed by atoms with Crippen molar-refractivity contribution >= 4 is 0 Å². The van der Waals surface area contributed by atoms with Crippen molar-refractivity contribution in [2.75, 3.05) is 0 Å². The van der Waals surface area contributed by atoms with E-state index in [9.17, 15) is 0 Å². The molecule has 1 atom stereocenters. The Morgan fingerprint density at radius 3 is 2.71 bits per heavy atom. The summed E-state index contributed by atoms with van der Waals surface area (Å²) in [5.74, 6) is 0.634. The first-order valence-electron chi connectivity index (χ1n) is 5.36. The third-order valence-corrected chi connectivity index (χ3v) is 2.58. The molecule has 1 nitrogen and oxygen atoms in total. The van der Waals surface area contributed by atoms with Crippen LogP contribution in [0.25, 0.3) is 0 Å². The molecule has 1 unspecified atom stereocenters. The minimum atomic E-state index is -0.289. The second kappa shape index (κ2) is 4.61. The average molecular weight is 191 g/mol. The quantitative estimate of drug-likeness (QED) is 0.633. The Morgan fingerprint density at radius 1 is 1.36 bits per heavy atom.